The van der Waals surface area contributed by atoms with Crippen molar-refractivity contribution in [3.05, 3.63) is 108 Å². The number of halogens is 4. The highest BCUT2D eigenvalue weighted by Gasteiger charge is 2.33. The van der Waals surface area contributed by atoms with Crippen LogP contribution in [0.2, 0.25) is 5.02 Å². The lowest BCUT2D eigenvalue weighted by Crippen LogP contribution is -2.49. The molecule has 18 heteroatoms. The number of nitrogens with zero attached hydrogens (tertiary/aromatic N) is 7. The lowest BCUT2D eigenvalue weighted by Gasteiger charge is -2.40. The zero-order valence-corrected chi connectivity index (χ0v) is 36.0. The van der Waals surface area contributed by atoms with Crippen LogP contribution in [0.4, 0.5) is 30.2 Å². The number of nitrogens with one attached hydrogen (secondary N) is 2. The van der Waals surface area contributed by atoms with Gasteiger partial charge in [0, 0.05) is 117 Å². The van der Waals surface area contributed by atoms with E-state index < -0.39 is 33.7 Å². The average molecular weight is 902 g/mol. The number of carbonyl (C=O) groups excluding carboxylic acids is 2. The van der Waals surface area contributed by atoms with Crippen molar-refractivity contribution >= 4 is 50.7 Å². The molecule has 3 aromatic carbocycles. The molecule has 0 radical (unpaired) electrons. The number of benzene rings is 3. The molecule has 4 aliphatic heterocycles. The summed E-state index contributed by atoms with van der Waals surface area (Å²) >= 11 is 6.44. The van der Waals surface area contributed by atoms with Crippen LogP contribution in [0.25, 0.3) is 28.1 Å². The molecule has 0 saturated carbocycles. The monoisotopic (exact) mass is 901 g/mol. The maximum Gasteiger partial charge on any atom is 0.301 e. The Morgan fingerprint density at radius 1 is 0.810 bits per heavy atom. The molecule has 2 N–H and O–H groups in total. The van der Waals surface area contributed by atoms with E-state index in [2.05, 4.69) is 41.9 Å². The van der Waals surface area contributed by atoms with Gasteiger partial charge in [-0.25, -0.2) is 17.9 Å². The molecule has 13 nitrogen and oxygen atoms in total. The van der Waals surface area contributed by atoms with Crippen molar-refractivity contribution in [3.63, 3.8) is 0 Å². The largest absolute Gasteiger partial charge is 0.372 e. The number of amides is 2. The number of rotatable bonds is 11. The van der Waals surface area contributed by atoms with Gasteiger partial charge in [-0.15, -0.1) is 0 Å². The third-order valence-electron chi connectivity index (χ3n) is 12.6. The Bertz CT molecular complexity index is 2600. The van der Waals surface area contributed by atoms with E-state index in [-0.39, 0.29) is 64.8 Å². The quantitative estimate of drug-likeness (QED) is 0.138. The van der Waals surface area contributed by atoms with Crippen molar-refractivity contribution in [1.29, 1.82) is 0 Å². The summed E-state index contributed by atoms with van der Waals surface area (Å²) in [4.78, 5) is 35.0. The second-order valence-corrected chi connectivity index (χ2v) is 18.8. The van der Waals surface area contributed by atoms with Crippen LogP contribution in [-0.2, 0) is 19.8 Å². The Labute approximate surface area is 369 Å². The van der Waals surface area contributed by atoms with Crippen molar-refractivity contribution < 1.29 is 31.2 Å². The van der Waals surface area contributed by atoms with Gasteiger partial charge >= 0.3 is 10.2 Å². The van der Waals surface area contributed by atoms with Gasteiger partial charge in [-0.2, -0.15) is 17.8 Å². The van der Waals surface area contributed by atoms with E-state index in [9.17, 15) is 22.4 Å². The molecule has 0 spiro atoms. The van der Waals surface area contributed by atoms with Crippen LogP contribution in [0.1, 0.15) is 43.6 Å². The number of imide groups is 1. The molecule has 2 aromatic heterocycles. The highest BCUT2D eigenvalue weighted by atomic mass is 35.5. The fourth-order valence-electron chi connectivity index (χ4n) is 9.12. The first-order valence-electron chi connectivity index (χ1n) is 21.3. The number of hydrogen-bond acceptors (Lipinski definition) is 9. The summed E-state index contributed by atoms with van der Waals surface area (Å²) in [6.45, 7) is 5.71. The van der Waals surface area contributed by atoms with Crippen molar-refractivity contribution in [2.75, 3.05) is 73.4 Å². The van der Waals surface area contributed by atoms with Crippen molar-refractivity contribution in [2.45, 2.75) is 44.2 Å². The van der Waals surface area contributed by atoms with Gasteiger partial charge in [0.2, 0.25) is 11.8 Å². The summed E-state index contributed by atoms with van der Waals surface area (Å²) in [5.74, 6) is -1.60. The Hall–Kier alpha value is -5.49. The van der Waals surface area contributed by atoms with Crippen molar-refractivity contribution in [2.24, 2.45) is 5.92 Å². The second-order valence-electron chi connectivity index (χ2n) is 16.7. The first-order chi connectivity index (χ1) is 30.4. The fraction of sp³-hybridized carbons (Fsp3) is 0.378. The predicted octanol–water partition coefficient (Wildman–Crippen LogP) is 6.79. The molecular weight excluding hydrogens is 855 g/mol. The average Bonchev–Trinajstić information content (AvgIpc) is 3.93. The minimum Gasteiger partial charge on any atom is -0.372 e. The Morgan fingerprint density at radius 2 is 1.52 bits per heavy atom. The van der Waals surface area contributed by atoms with E-state index in [1.165, 1.54) is 23.0 Å². The summed E-state index contributed by atoms with van der Waals surface area (Å²) in [6.07, 6.45) is 6.37. The number of aromatic nitrogens is 3. The van der Waals surface area contributed by atoms with Crippen LogP contribution >= 0.6 is 11.6 Å². The van der Waals surface area contributed by atoms with Crippen LogP contribution in [-0.4, -0.2) is 109 Å². The summed E-state index contributed by atoms with van der Waals surface area (Å²) in [6, 6.07) is 19.0. The molecule has 9 rings (SSSR count). The van der Waals surface area contributed by atoms with Crippen LogP contribution in [0.5, 0.6) is 0 Å². The van der Waals surface area contributed by atoms with Gasteiger partial charge in [0.25, 0.3) is 0 Å². The Morgan fingerprint density at radius 3 is 2.21 bits per heavy atom. The molecule has 0 bridgehead atoms. The van der Waals surface area contributed by atoms with Gasteiger partial charge in [0.1, 0.15) is 17.6 Å². The zero-order chi connectivity index (χ0) is 43.8. The normalized spacial score (nSPS) is 20.6. The lowest BCUT2D eigenvalue weighted by atomic mass is 9.90. The first kappa shape index (κ1) is 42.8. The summed E-state index contributed by atoms with van der Waals surface area (Å²) in [5.41, 5.74) is 3.55. The number of pyridine rings is 1. The fourth-order valence-corrected chi connectivity index (χ4v) is 10.6. The van der Waals surface area contributed by atoms with E-state index in [0.717, 1.165) is 86.0 Å². The van der Waals surface area contributed by atoms with Crippen molar-refractivity contribution in [1.82, 2.24) is 29.3 Å². The standard InChI is InChI=1S/C45H47ClF3N9O4S/c46-32-23-37(43(49)40(24-32)53-63(61,62)57-18-13-33(47)27-57)38-28-58(52-44(38)31-9-14-50-15-10-31)41-7-5-35(25-39(41)48)56-21-19-54(20-22-56)26-29-11-16-55(17-12-29)34-3-1-30(2-4-34)36-6-8-42(59)51-45(36)60/h1-5,7,9-10,14-15,23-25,28-29,33,36,53H,6,8,11-13,16-22,26-27H2,(H,51,59,60)/t33-,36-/m1/s1. The molecule has 4 aliphatic rings. The number of anilines is 3. The lowest BCUT2D eigenvalue weighted by molar-refractivity contribution is -0.134. The van der Waals surface area contributed by atoms with Crippen LogP contribution in [0, 0.1) is 17.6 Å². The molecule has 4 saturated heterocycles. The minimum atomic E-state index is -4.29. The SMILES string of the molecule is O=C1CC[C@H](c2ccc(N3CCC(CN4CCN(c5ccc(-n6cc(-c7cc(Cl)cc(NS(=O)(=O)N8CC[C@@H](F)C8)c7F)c(-c7ccncc7)n6)c(F)c5)CC4)CC3)cc2)C(=O)N1. The number of alkyl halides is 1. The molecule has 63 heavy (non-hydrogen) atoms. The number of carbonyl (C=O) groups is 2. The van der Waals surface area contributed by atoms with Crippen LogP contribution in [0.3, 0.4) is 0 Å². The maximum atomic E-state index is 16.4. The first-order valence-corrected chi connectivity index (χ1v) is 23.1. The molecule has 2 atom stereocenters. The molecule has 2 amide bonds. The molecule has 0 aliphatic carbocycles. The Balaban J connectivity index is 0.842. The molecule has 0 unspecified atom stereocenters. The molecule has 330 valence electrons. The van der Waals surface area contributed by atoms with E-state index in [1.807, 2.05) is 18.2 Å². The van der Waals surface area contributed by atoms with Gasteiger partial charge in [0.05, 0.1) is 11.6 Å². The number of piperazine rings is 1. The predicted molar refractivity (Wildman–Crippen MR) is 236 cm³/mol. The third-order valence-corrected chi connectivity index (χ3v) is 14.3. The maximum absolute atomic E-state index is 16.4. The Kier molecular flexibility index (Phi) is 12.2. The van der Waals surface area contributed by atoms with Gasteiger partial charge in [0.15, 0.2) is 11.6 Å². The van der Waals surface area contributed by atoms with Crippen LogP contribution < -0.4 is 19.8 Å². The smallest absolute Gasteiger partial charge is 0.301 e. The summed E-state index contributed by atoms with van der Waals surface area (Å²) in [7, 11) is -4.29. The van der Waals surface area contributed by atoms with Gasteiger partial charge in [-0.1, -0.05) is 23.7 Å². The number of piperidine rings is 2. The number of hydrogen-bond donors (Lipinski definition) is 2. The van der Waals surface area contributed by atoms with E-state index in [0.29, 0.717) is 24.3 Å². The zero-order valence-electron chi connectivity index (χ0n) is 34.4. The summed E-state index contributed by atoms with van der Waals surface area (Å²) in [5, 5.41) is 7.18. The highest BCUT2D eigenvalue weighted by molar-refractivity contribution is 7.90. The van der Waals surface area contributed by atoms with Gasteiger partial charge in [-0.05, 0) is 91.8 Å². The molecule has 6 heterocycles. The molecular formula is C45H47ClF3N9O4S. The minimum absolute atomic E-state index is 0.0380. The molecule has 5 aromatic rings. The van der Waals surface area contributed by atoms with Crippen LogP contribution in [0.15, 0.2) is 85.3 Å². The van der Waals surface area contributed by atoms with Crippen molar-refractivity contribution in [3.8, 4) is 28.1 Å². The third kappa shape index (κ3) is 9.28. The topological polar surface area (TPSA) is 136 Å². The van der Waals surface area contributed by atoms with Gasteiger partial charge in [-0.3, -0.25) is 29.5 Å². The van der Waals surface area contributed by atoms with E-state index in [4.69, 9.17) is 16.7 Å². The van der Waals surface area contributed by atoms with E-state index in [1.54, 1.807) is 30.6 Å². The highest BCUT2D eigenvalue weighted by Crippen LogP contribution is 2.39. The second kappa shape index (κ2) is 17.9. The van der Waals surface area contributed by atoms with E-state index >= 15 is 8.78 Å². The summed E-state index contributed by atoms with van der Waals surface area (Å²) < 4.78 is 77.0. The van der Waals surface area contributed by atoms with Gasteiger partial charge < -0.3 is 9.80 Å². The molecule has 4 fully saturated rings.